The molecule has 1 fully saturated rings. The summed E-state index contributed by atoms with van der Waals surface area (Å²) in [5.74, 6) is -0.556. The fourth-order valence-electron chi connectivity index (χ4n) is 3.75. The van der Waals surface area contributed by atoms with E-state index in [9.17, 15) is 14.7 Å². The Balaban J connectivity index is 2.12. The highest BCUT2D eigenvalue weighted by Crippen LogP contribution is 2.40. The van der Waals surface area contributed by atoms with Crippen LogP contribution in [0.3, 0.4) is 0 Å². The molecule has 1 saturated heterocycles. The molecule has 0 aromatic heterocycles. The smallest absolute Gasteiger partial charge is 0.295 e. The number of hydrogen-bond donors (Lipinski definition) is 1. The fourth-order valence-corrected chi connectivity index (χ4v) is 3.92. The SMILES string of the molecule is CCOc1ccc(C2/C(=C(/O)c3ccc(Cl)c(OCC)c3)C(=O)C(=O)N2CCN(C)C)cc1. The molecule has 0 bridgehead atoms. The van der Waals surface area contributed by atoms with Crippen LogP contribution in [0.4, 0.5) is 0 Å². The number of rotatable bonds is 9. The maximum Gasteiger partial charge on any atom is 0.295 e. The summed E-state index contributed by atoms with van der Waals surface area (Å²) in [5.41, 5.74) is 1.09. The normalized spacial score (nSPS) is 17.6. The number of carbonyl (C=O) groups excluding carboxylic acids is 2. The number of likely N-dealkylation sites (tertiary alicyclic amines) is 1. The Morgan fingerprint density at radius 1 is 1.06 bits per heavy atom. The standard InChI is InChI=1S/C25H29ClN2O5/c1-5-32-18-10-7-16(8-11-18)22-21(24(30)25(31)28(22)14-13-27(3)4)23(29)17-9-12-19(26)20(15-17)33-6-2/h7-12,15,22,29H,5-6,13-14H2,1-4H3/b23-21-. The number of halogens is 1. The van der Waals surface area contributed by atoms with Gasteiger partial charge in [-0.2, -0.15) is 0 Å². The molecule has 7 nitrogen and oxygen atoms in total. The van der Waals surface area contributed by atoms with E-state index in [0.717, 1.165) is 0 Å². The van der Waals surface area contributed by atoms with E-state index in [1.165, 1.54) is 4.90 Å². The van der Waals surface area contributed by atoms with E-state index < -0.39 is 17.7 Å². The summed E-state index contributed by atoms with van der Waals surface area (Å²) in [5, 5.41) is 11.6. The number of carbonyl (C=O) groups is 2. The minimum atomic E-state index is -0.730. The third kappa shape index (κ3) is 5.31. The third-order valence-corrected chi connectivity index (χ3v) is 5.65. The molecule has 33 heavy (non-hydrogen) atoms. The molecule has 2 aromatic rings. The molecule has 2 aromatic carbocycles. The zero-order chi connectivity index (χ0) is 24.1. The van der Waals surface area contributed by atoms with Crippen LogP contribution < -0.4 is 9.47 Å². The second-order valence-electron chi connectivity index (χ2n) is 7.88. The van der Waals surface area contributed by atoms with Crippen molar-refractivity contribution in [1.82, 2.24) is 9.80 Å². The monoisotopic (exact) mass is 472 g/mol. The third-order valence-electron chi connectivity index (χ3n) is 5.34. The van der Waals surface area contributed by atoms with Crippen LogP contribution in [0, 0.1) is 0 Å². The van der Waals surface area contributed by atoms with E-state index in [-0.39, 0.29) is 11.3 Å². The second-order valence-corrected chi connectivity index (χ2v) is 8.28. The molecule has 1 unspecified atom stereocenters. The quantitative estimate of drug-likeness (QED) is 0.336. The molecular weight excluding hydrogens is 444 g/mol. The van der Waals surface area contributed by atoms with E-state index in [1.54, 1.807) is 30.3 Å². The molecule has 0 aliphatic carbocycles. The molecule has 0 radical (unpaired) electrons. The van der Waals surface area contributed by atoms with Crippen molar-refractivity contribution in [3.05, 3.63) is 64.2 Å². The highest BCUT2D eigenvalue weighted by atomic mass is 35.5. The van der Waals surface area contributed by atoms with Gasteiger partial charge in [0.1, 0.15) is 17.3 Å². The zero-order valence-electron chi connectivity index (χ0n) is 19.3. The first-order valence-electron chi connectivity index (χ1n) is 10.9. The molecule has 1 aliphatic heterocycles. The van der Waals surface area contributed by atoms with Gasteiger partial charge in [0.2, 0.25) is 0 Å². The van der Waals surface area contributed by atoms with Crippen LogP contribution in [0.25, 0.3) is 5.76 Å². The van der Waals surface area contributed by atoms with E-state index in [0.29, 0.717) is 54.0 Å². The van der Waals surface area contributed by atoms with E-state index in [1.807, 2.05) is 45.0 Å². The first-order valence-corrected chi connectivity index (χ1v) is 11.2. The first kappa shape index (κ1) is 24.6. The predicted molar refractivity (Wildman–Crippen MR) is 128 cm³/mol. The predicted octanol–water partition coefficient (Wildman–Crippen LogP) is 4.12. The van der Waals surface area contributed by atoms with Crippen molar-refractivity contribution >= 4 is 29.1 Å². The number of hydrogen-bond acceptors (Lipinski definition) is 6. The maximum atomic E-state index is 13.1. The van der Waals surface area contributed by atoms with Crippen LogP contribution in [0.2, 0.25) is 5.02 Å². The van der Waals surface area contributed by atoms with Gasteiger partial charge in [-0.25, -0.2) is 0 Å². The molecule has 0 spiro atoms. The van der Waals surface area contributed by atoms with Crippen molar-refractivity contribution in [2.75, 3.05) is 40.4 Å². The van der Waals surface area contributed by atoms with E-state index in [4.69, 9.17) is 21.1 Å². The molecule has 176 valence electrons. The Hall–Kier alpha value is -3.03. The van der Waals surface area contributed by atoms with Gasteiger partial charge in [0, 0.05) is 18.7 Å². The number of benzene rings is 2. The van der Waals surface area contributed by atoms with Crippen LogP contribution >= 0.6 is 11.6 Å². The Kier molecular flexibility index (Phi) is 8.00. The minimum Gasteiger partial charge on any atom is -0.507 e. The number of Topliss-reactive ketones (excluding diaryl/α,β-unsaturated/α-hetero) is 1. The Morgan fingerprint density at radius 3 is 2.33 bits per heavy atom. The molecule has 1 atom stereocenters. The second kappa shape index (κ2) is 10.7. The maximum absolute atomic E-state index is 13.1. The van der Waals surface area contributed by atoms with Gasteiger partial charge >= 0.3 is 0 Å². The van der Waals surface area contributed by atoms with Gasteiger partial charge < -0.3 is 24.4 Å². The Bertz CT molecular complexity index is 1050. The number of likely N-dealkylation sites (N-methyl/N-ethyl adjacent to an activating group) is 1. The molecule has 3 rings (SSSR count). The number of aliphatic hydroxyl groups is 1. The summed E-state index contributed by atoms with van der Waals surface area (Å²) in [6, 6.07) is 11.2. The first-order chi connectivity index (χ1) is 15.8. The minimum absolute atomic E-state index is 0.0349. The zero-order valence-corrected chi connectivity index (χ0v) is 20.1. The van der Waals surface area contributed by atoms with Gasteiger partial charge in [-0.1, -0.05) is 23.7 Å². The van der Waals surface area contributed by atoms with Gasteiger partial charge in [-0.3, -0.25) is 9.59 Å². The van der Waals surface area contributed by atoms with Gasteiger partial charge in [0.15, 0.2) is 0 Å². The summed E-state index contributed by atoms with van der Waals surface area (Å²) in [6.45, 7) is 5.54. The number of nitrogens with zero attached hydrogens (tertiary/aromatic N) is 2. The number of ketones is 1. The van der Waals surface area contributed by atoms with Gasteiger partial charge in [0.05, 0.1) is 29.9 Å². The summed E-state index contributed by atoms with van der Waals surface area (Å²) in [7, 11) is 3.79. The van der Waals surface area contributed by atoms with Crippen molar-refractivity contribution in [3.8, 4) is 11.5 Å². The van der Waals surface area contributed by atoms with Crippen LogP contribution in [-0.2, 0) is 9.59 Å². The largest absolute Gasteiger partial charge is 0.507 e. The molecule has 1 heterocycles. The lowest BCUT2D eigenvalue weighted by Gasteiger charge is -2.26. The van der Waals surface area contributed by atoms with Crippen molar-refractivity contribution in [2.45, 2.75) is 19.9 Å². The average molecular weight is 473 g/mol. The van der Waals surface area contributed by atoms with E-state index >= 15 is 0 Å². The Labute approximate surface area is 199 Å². The van der Waals surface area contributed by atoms with Gasteiger partial charge in [0.25, 0.3) is 11.7 Å². The van der Waals surface area contributed by atoms with Crippen molar-refractivity contribution in [2.24, 2.45) is 0 Å². The topological polar surface area (TPSA) is 79.3 Å². The molecule has 1 aliphatic rings. The summed E-state index contributed by atoms with van der Waals surface area (Å²) < 4.78 is 11.0. The van der Waals surface area contributed by atoms with Crippen LogP contribution in [0.15, 0.2) is 48.0 Å². The summed E-state index contributed by atoms with van der Waals surface area (Å²) >= 11 is 6.18. The molecule has 8 heteroatoms. The van der Waals surface area contributed by atoms with Crippen molar-refractivity contribution in [3.63, 3.8) is 0 Å². The average Bonchev–Trinajstić information content (AvgIpc) is 3.04. The van der Waals surface area contributed by atoms with Crippen LogP contribution in [0.1, 0.15) is 31.0 Å². The molecule has 0 saturated carbocycles. The Morgan fingerprint density at radius 2 is 1.73 bits per heavy atom. The lowest BCUT2D eigenvalue weighted by molar-refractivity contribution is -0.140. The fraction of sp³-hybridized carbons (Fsp3) is 0.360. The van der Waals surface area contributed by atoms with Crippen molar-refractivity contribution in [1.29, 1.82) is 0 Å². The van der Waals surface area contributed by atoms with Crippen molar-refractivity contribution < 1.29 is 24.2 Å². The van der Waals surface area contributed by atoms with Crippen LogP contribution in [-0.4, -0.2) is 67.0 Å². The highest BCUT2D eigenvalue weighted by Gasteiger charge is 2.45. The molecule has 1 amide bonds. The molecule has 1 N–H and O–H groups in total. The number of aliphatic hydroxyl groups excluding tert-OH is 1. The van der Waals surface area contributed by atoms with Gasteiger partial charge in [-0.05, 0) is 63.8 Å². The number of amides is 1. The summed E-state index contributed by atoms with van der Waals surface area (Å²) in [6.07, 6.45) is 0. The van der Waals surface area contributed by atoms with Crippen LogP contribution in [0.5, 0.6) is 11.5 Å². The lowest BCUT2D eigenvalue weighted by Crippen LogP contribution is -2.35. The lowest BCUT2D eigenvalue weighted by atomic mass is 9.95. The summed E-state index contributed by atoms with van der Waals surface area (Å²) in [4.78, 5) is 29.5. The highest BCUT2D eigenvalue weighted by molar-refractivity contribution is 6.46. The van der Waals surface area contributed by atoms with E-state index in [2.05, 4.69) is 0 Å². The molecular formula is C25H29ClN2O5. The van der Waals surface area contributed by atoms with Gasteiger partial charge in [-0.15, -0.1) is 0 Å². The number of ether oxygens (including phenoxy) is 2.